The molecular formula is C18H20O4. The first-order valence-corrected chi connectivity index (χ1v) is 7.17. The number of hydrogen-bond donors (Lipinski definition) is 2. The first kappa shape index (κ1) is 15.9. The summed E-state index contributed by atoms with van der Waals surface area (Å²) in [5.41, 5.74) is 1.86. The molecular weight excluding hydrogens is 280 g/mol. The van der Waals surface area contributed by atoms with E-state index >= 15 is 0 Å². The highest BCUT2D eigenvalue weighted by atomic mass is 16.5. The molecule has 0 saturated heterocycles. The lowest BCUT2D eigenvalue weighted by atomic mass is 9.86. The summed E-state index contributed by atoms with van der Waals surface area (Å²) >= 11 is 0. The highest BCUT2D eigenvalue weighted by molar-refractivity contribution is 5.78. The molecule has 0 heterocycles. The quantitative estimate of drug-likeness (QED) is 0.829. The number of benzene rings is 2. The molecule has 0 radical (unpaired) electrons. The molecule has 0 fully saturated rings. The van der Waals surface area contributed by atoms with Gasteiger partial charge >= 0.3 is 5.97 Å². The van der Waals surface area contributed by atoms with Gasteiger partial charge in [0, 0.05) is 0 Å². The summed E-state index contributed by atoms with van der Waals surface area (Å²) in [5, 5.41) is 18.7. The fourth-order valence-electron chi connectivity index (χ4n) is 2.51. The van der Waals surface area contributed by atoms with Crippen LogP contribution in [0.15, 0.2) is 48.5 Å². The van der Waals surface area contributed by atoms with Gasteiger partial charge in [0.05, 0.1) is 13.0 Å². The minimum absolute atomic E-state index is 0.124. The smallest absolute Gasteiger partial charge is 0.313 e. The van der Waals surface area contributed by atoms with Crippen molar-refractivity contribution in [1.82, 2.24) is 0 Å². The SMILES string of the molecule is COC(=O)C(CC(C)c1ccc(O)cc1)c1ccc(O)cc1. The highest BCUT2D eigenvalue weighted by Gasteiger charge is 2.24. The average Bonchev–Trinajstić information content (AvgIpc) is 2.53. The topological polar surface area (TPSA) is 66.8 Å². The van der Waals surface area contributed by atoms with Gasteiger partial charge in [0.2, 0.25) is 0 Å². The molecule has 0 aliphatic rings. The van der Waals surface area contributed by atoms with Crippen molar-refractivity contribution in [3.63, 3.8) is 0 Å². The number of ether oxygens (including phenoxy) is 1. The van der Waals surface area contributed by atoms with Crippen molar-refractivity contribution < 1.29 is 19.7 Å². The number of carbonyl (C=O) groups excluding carboxylic acids is 1. The molecule has 4 heteroatoms. The number of methoxy groups -OCH3 is 1. The Balaban J connectivity index is 2.21. The molecule has 116 valence electrons. The van der Waals surface area contributed by atoms with Crippen molar-refractivity contribution in [2.75, 3.05) is 7.11 Å². The Morgan fingerprint density at radius 1 is 0.955 bits per heavy atom. The summed E-state index contributed by atoms with van der Waals surface area (Å²) in [6, 6.07) is 13.6. The Bertz CT molecular complexity index is 617. The maximum Gasteiger partial charge on any atom is 0.313 e. The number of aromatic hydroxyl groups is 2. The lowest BCUT2D eigenvalue weighted by Crippen LogP contribution is -2.16. The zero-order valence-corrected chi connectivity index (χ0v) is 12.7. The van der Waals surface area contributed by atoms with E-state index in [4.69, 9.17) is 4.74 Å². The Kier molecular flexibility index (Phi) is 5.04. The molecule has 0 bridgehead atoms. The molecule has 0 aromatic heterocycles. The van der Waals surface area contributed by atoms with Crippen LogP contribution in [-0.4, -0.2) is 23.3 Å². The number of phenols is 2. The van der Waals surface area contributed by atoms with E-state index in [1.54, 1.807) is 36.4 Å². The Morgan fingerprint density at radius 2 is 1.41 bits per heavy atom. The van der Waals surface area contributed by atoms with E-state index in [2.05, 4.69) is 0 Å². The van der Waals surface area contributed by atoms with E-state index in [0.29, 0.717) is 6.42 Å². The fourth-order valence-corrected chi connectivity index (χ4v) is 2.51. The number of phenolic OH excluding ortho intramolecular Hbond substituents is 2. The summed E-state index contributed by atoms with van der Waals surface area (Å²) in [6.45, 7) is 2.03. The van der Waals surface area contributed by atoms with Gasteiger partial charge < -0.3 is 14.9 Å². The van der Waals surface area contributed by atoms with Crippen molar-refractivity contribution >= 4 is 5.97 Å². The molecule has 0 aliphatic carbocycles. The predicted molar refractivity (Wildman–Crippen MR) is 84.0 cm³/mol. The second-order valence-electron chi connectivity index (χ2n) is 5.40. The summed E-state index contributed by atoms with van der Waals surface area (Å²) in [5.74, 6) is -0.179. The summed E-state index contributed by atoms with van der Waals surface area (Å²) in [4.78, 5) is 12.1. The van der Waals surface area contributed by atoms with Crippen LogP contribution in [0.4, 0.5) is 0 Å². The van der Waals surface area contributed by atoms with Gasteiger partial charge in [0.25, 0.3) is 0 Å². The normalized spacial score (nSPS) is 13.4. The van der Waals surface area contributed by atoms with Crippen LogP contribution in [0.5, 0.6) is 11.5 Å². The first-order chi connectivity index (χ1) is 10.5. The van der Waals surface area contributed by atoms with Gasteiger partial charge in [0.1, 0.15) is 11.5 Å². The molecule has 4 nitrogen and oxygen atoms in total. The van der Waals surface area contributed by atoms with Crippen LogP contribution < -0.4 is 0 Å². The van der Waals surface area contributed by atoms with Crippen LogP contribution in [0.1, 0.15) is 36.3 Å². The maximum absolute atomic E-state index is 12.1. The second-order valence-corrected chi connectivity index (χ2v) is 5.40. The summed E-state index contributed by atoms with van der Waals surface area (Å²) in [6.07, 6.45) is 0.586. The van der Waals surface area contributed by atoms with Crippen LogP contribution in [0.3, 0.4) is 0 Å². The molecule has 2 aromatic rings. The van der Waals surface area contributed by atoms with E-state index in [0.717, 1.165) is 11.1 Å². The van der Waals surface area contributed by atoms with Gasteiger partial charge in [-0.1, -0.05) is 31.2 Å². The van der Waals surface area contributed by atoms with Gasteiger partial charge in [-0.2, -0.15) is 0 Å². The molecule has 2 atom stereocenters. The van der Waals surface area contributed by atoms with Crippen molar-refractivity contribution in [1.29, 1.82) is 0 Å². The molecule has 2 unspecified atom stereocenters. The molecule has 0 spiro atoms. The number of carbonyl (C=O) groups is 1. The molecule has 0 saturated carbocycles. The van der Waals surface area contributed by atoms with Crippen LogP contribution in [0.2, 0.25) is 0 Å². The highest BCUT2D eigenvalue weighted by Crippen LogP contribution is 2.32. The Hall–Kier alpha value is -2.49. The third kappa shape index (κ3) is 3.79. The van der Waals surface area contributed by atoms with Gasteiger partial charge in [-0.3, -0.25) is 4.79 Å². The average molecular weight is 300 g/mol. The lowest BCUT2D eigenvalue weighted by Gasteiger charge is -2.20. The molecule has 0 amide bonds. The predicted octanol–water partition coefficient (Wildman–Crippen LogP) is 3.55. The van der Waals surface area contributed by atoms with Gasteiger partial charge in [-0.25, -0.2) is 0 Å². The summed E-state index contributed by atoms with van der Waals surface area (Å²) < 4.78 is 4.91. The fraction of sp³-hybridized carbons (Fsp3) is 0.278. The van der Waals surface area contributed by atoms with Gasteiger partial charge in [-0.15, -0.1) is 0 Å². The van der Waals surface area contributed by atoms with Crippen LogP contribution >= 0.6 is 0 Å². The van der Waals surface area contributed by atoms with E-state index in [9.17, 15) is 15.0 Å². The monoisotopic (exact) mass is 300 g/mol. The molecule has 22 heavy (non-hydrogen) atoms. The van der Waals surface area contributed by atoms with Gasteiger partial charge in [0.15, 0.2) is 0 Å². The first-order valence-electron chi connectivity index (χ1n) is 7.17. The minimum atomic E-state index is -0.394. The second kappa shape index (κ2) is 6.98. The largest absolute Gasteiger partial charge is 0.508 e. The maximum atomic E-state index is 12.1. The van der Waals surface area contributed by atoms with Gasteiger partial charge in [-0.05, 0) is 47.7 Å². The van der Waals surface area contributed by atoms with Crippen molar-refractivity contribution in [2.24, 2.45) is 0 Å². The molecule has 2 aromatic carbocycles. The number of rotatable bonds is 5. The van der Waals surface area contributed by atoms with E-state index in [-0.39, 0.29) is 23.4 Å². The van der Waals surface area contributed by atoms with Crippen LogP contribution in [-0.2, 0) is 9.53 Å². The van der Waals surface area contributed by atoms with Crippen molar-refractivity contribution in [2.45, 2.75) is 25.2 Å². The van der Waals surface area contributed by atoms with E-state index in [1.807, 2.05) is 19.1 Å². The standard InChI is InChI=1S/C18H20O4/c1-12(13-3-7-15(19)8-4-13)11-17(18(21)22-2)14-5-9-16(20)10-6-14/h3-10,12,17,19-20H,11H2,1-2H3. The summed E-state index contributed by atoms with van der Waals surface area (Å²) in [7, 11) is 1.38. The zero-order chi connectivity index (χ0) is 16.1. The number of esters is 1. The third-order valence-corrected chi connectivity index (χ3v) is 3.83. The Labute approximate surface area is 130 Å². The minimum Gasteiger partial charge on any atom is -0.508 e. The van der Waals surface area contributed by atoms with Crippen LogP contribution in [0, 0.1) is 0 Å². The van der Waals surface area contributed by atoms with Crippen molar-refractivity contribution in [3.8, 4) is 11.5 Å². The molecule has 2 N–H and O–H groups in total. The van der Waals surface area contributed by atoms with Crippen LogP contribution in [0.25, 0.3) is 0 Å². The van der Waals surface area contributed by atoms with E-state index in [1.165, 1.54) is 7.11 Å². The lowest BCUT2D eigenvalue weighted by molar-refractivity contribution is -0.142. The Morgan fingerprint density at radius 3 is 1.86 bits per heavy atom. The third-order valence-electron chi connectivity index (χ3n) is 3.83. The molecule has 0 aliphatic heterocycles. The molecule has 2 rings (SSSR count). The number of hydrogen-bond acceptors (Lipinski definition) is 4. The van der Waals surface area contributed by atoms with E-state index < -0.39 is 5.92 Å². The van der Waals surface area contributed by atoms with Crippen molar-refractivity contribution in [3.05, 3.63) is 59.7 Å². The zero-order valence-electron chi connectivity index (χ0n) is 12.7.